The monoisotopic (exact) mass is 322 g/mol. The molecule has 1 aliphatic heterocycles. The first-order chi connectivity index (χ1) is 11.8. The van der Waals surface area contributed by atoms with Gasteiger partial charge in [-0.15, -0.1) is 0 Å². The van der Waals surface area contributed by atoms with Crippen LogP contribution >= 0.6 is 0 Å². The van der Waals surface area contributed by atoms with Crippen LogP contribution in [0.15, 0.2) is 82.3 Å². The lowest BCUT2D eigenvalue weighted by atomic mass is 10.2. The van der Waals surface area contributed by atoms with Gasteiger partial charge in [0.1, 0.15) is 0 Å². The van der Waals surface area contributed by atoms with Crippen LogP contribution in [-0.4, -0.2) is 12.4 Å². The van der Waals surface area contributed by atoms with Gasteiger partial charge in [-0.2, -0.15) is 0 Å². The fourth-order valence-electron chi connectivity index (χ4n) is 1.92. The van der Waals surface area contributed by atoms with Gasteiger partial charge in [-0.1, -0.05) is 38.1 Å². The van der Waals surface area contributed by atoms with Gasteiger partial charge in [0.25, 0.3) is 0 Å². The Kier molecular flexibility index (Phi) is 9.31. The summed E-state index contributed by atoms with van der Waals surface area (Å²) in [5, 5.41) is 6.48. The molecule has 0 saturated carbocycles. The van der Waals surface area contributed by atoms with E-state index in [0.29, 0.717) is 0 Å². The van der Waals surface area contributed by atoms with Crippen LogP contribution in [0.3, 0.4) is 0 Å². The van der Waals surface area contributed by atoms with Crippen LogP contribution in [0.2, 0.25) is 0 Å². The van der Waals surface area contributed by atoms with E-state index in [1.165, 1.54) is 0 Å². The van der Waals surface area contributed by atoms with Crippen molar-refractivity contribution in [2.24, 2.45) is 9.98 Å². The largest absolute Gasteiger partial charge is 0.360 e. The summed E-state index contributed by atoms with van der Waals surface area (Å²) in [7, 11) is 0. The molecule has 0 bridgehead atoms. The number of hydrogen-bond acceptors (Lipinski definition) is 4. The molecular weight excluding hydrogens is 296 g/mol. The molecule has 0 saturated heterocycles. The van der Waals surface area contributed by atoms with Crippen LogP contribution in [0.5, 0.6) is 0 Å². The van der Waals surface area contributed by atoms with Gasteiger partial charge in [0.15, 0.2) is 0 Å². The second kappa shape index (κ2) is 11.7. The fraction of sp³-hybridized carbons (Fsp3) is 0.200. The van der Waals surface area contributed by atoms with Crippen molar-refractivity contribution in [3.05, 3.63) is 72.4 Å². The SMILES string of the molecule is C/C=C1/N=C\C=C/Nc2ccccc2N\C=C/C=N/C1=C/C.CC. The molecule has 0 atom stereocenters. The van der Waals surface area contributed by atoms with Crippen LogP contribution < -0.4 is 10.6 Å². The maximum atomic E-state index is 4.43. The highest BCUT2D eigenvalue weighted by Crippen LogP contribution is 2.20. The quantitative estimate of drug-likeness (QED) is 0.660. The summed E-state index contributed by atoms with van der Waals surface area (Å²) in [4.78, 5) is 8.85. The van der Waals surface area contributed by atoms with E-state index in [0.717, 1.165) is 22.8 Å². The van der Waals surface area contributed by atoms with Crippen molar-refractivity contribution >= 4 is 23.8 Å². The number of nitrogens with zero attached hydrogens (tertiary/aromatic N) is 2. The number of allylic oxidation sites excluding steroid dienone is 4. The molecule has 1 heterocycles. The fourth-order valence-corrected chi connectivity index (χ4v) is 1.92. The summed E-state index contributed by atoms with van der Waals surface area (Å²) in [6, 6.07) is 7.99. The summed E-state index contributed by atoms with van der Waals surface area (Å²) < 4.78 is 0. The standard InChI is InChI=1S/C18H20N4.C2H6/c1-3-15-16(4-2)20-12-8-14-22-18-10-6-5-9-17(18)21-13-7-11-19-15;1-2/h3-14,21-22H,1-2H3;1-2H3/b13-7-,14-8-,15-3+,16-4+,19-11-,20-12+;. The summed E-state index contributed by atoms with van der Waals surface area (Å²) in [5.74, 6) is 0. The van der Waals surface area contributed by atoms with E-state index in [-0.39, 0.29) is 0 Å². The minimum atomic E-state index is 0.835. The van der Waals surface area contributed by atoms with Gasteiger partial charge >= 0.3 is 0 Å². The predicted molar refractivity (Wildman–Crippen MR) is 108 cm³/mol. The molecule has 2 rings (SSSR count). The zero-order valence-electron chi connectivity index (χ0n) is 14.8. The van der Waals surface area contributed by atoms with Crippen LogP contribution in [0.25, 0.3) is 0 Å². The topological polar surface area (TPSA) is 48.8 Å². The number of nitrogens with one attached hydrogen (secondary N) is 2. The number of hydrogen-bond donors (Lipinski definition) is 2. The van der Waals surface area contributed by atoms with Gasteiger partial charge in [0, 0.05) is 24.8 Å². The van der Waals surface area contributed by atoms with Gasteiger partial charge in [0.05, 0.1) is 22.8 Å². The van der Waals surface area contributed by atoms with Gasteiger partial charge in [0.2, 0.25) is 0 Å². The highest BCUT2D eigenvalue weighted by Gasteiger charge is 1.99. The number of anilines is 2. The average molecular weight is 322 g/mol. The van der Waals surface area contributed by atoms with E-state index in [2.05, 4.69) is 20.6 Å². The van der Waals surface area contributed by atoms with Crippen molar-refractivity contribution in [2.75, 3.05) is 10.6 Å². The van der Waals surface area contributed by atoms with Crippen molar-refractivity contribution in [1.29, 1.82) is 0 Å². The second-order valence-electron chi connectivity index (χ2n) is 4.46. The molecule has 24 heavy (non-hydrogen) atoms. The molecular formula is C20H26N4. The van der Waals surface area contributed by atoms with Crippen molar-refractivity contribution < 1.29 is 0 Å². The van der Waals surface area contributed by atoms with Crippen LogP contribution in [-0.2, 0) is 0 Å². The molecule has 0 aliphatic carbocycles. The number of para-hydroxylation sites is 2. The molecule has 126 valence electrons. The normalized spacial score (nSPS) is 22.7. The maximum Gasteiger partial charge on any atom is 0.0840 e. The smallest absolute Gasteiger partial charge is 0.0840 e. The van der Waals surface area contributed by atoms with E-state index in [9.17, 15) is 0 Å². The van der Waals surface area contributed by atoms with Gasteiger partial charge in [-0.3, -0.25) is 9.98 Å². The summed E-state index contributed by atoms with van der Waals surface area (Å²) in [5.41, 5.74) is 3.65. The molecule has 0 fully saturated rings. The van der Waals surface area contributed by atoms with Crippen molar-refractivity contribution in [3.8, 4) is 0 Å². The lowest BCUT2D eigenvalue weighted by molar-refractivity contribution is 1.23. The van der Waals surface area contributed by atoms with E-state index in [4.69, 9.17) is 0 Å². The van der Waals surface area contributed by atoms with Gasteiger partial charge in [-0.25, -0.2) is 0 Å². The first-order valence-electron chi connectivity index (χ1n) is 8.18. The minimum Gasteiger partial charge on any atom is -0.360 e. The summed E-state index contributed by atoms with van der Waals surface area (Å²) >= 11 is 0. The Morgan fingerprint density at radius 1 is 0.750 bits per heavy atom. The number of aliphatic imine (C=N–C) groups is 2. The van der Waals surface area contributed by atoms with Crippen LogP contribution in [0.4, 0.5) is 11.4 Å². The zero-order chi connectivity index (χ0) is 17.6. The number of fused-ring (bicyclic) bond motifs is 1. The molecule has 0 aromatic heterocycles. The van der Waals surface area contributed by atoms with E-state index < -0.39 is 0 Å². The molecule has 0 amide bonds. The van der Waals surface area contributed by atoms with E-state index >= 15 is 0 Å². The number of benzene rings is 1. The molecule has 0 spiro atoms. The molecule has 4 nitrogen and oxygen atoms in total. The van der Waals surface area contributed by atoms with E-state index in [1.54, 1.807) is 12.4 Å². The molecule has 2 N–H and O–H groups in total. The summed E-state index contributed by atoms with van der Waals surface area (Å²) in [6.07, 6.45) is 14.8. The summed E-state index contributed by atoms with van der Waals surface area (Å²) in [6.45, 7) is 7.90. The third-order valence-electron chi connectivity index (χ3n) is 3.01. The van der Waals surface area contributed by atoms with Crippen LogP contribution in [0.1, 0.15) is 27.7 Å². The maximum absolute atomic E-state index is 4.43. The highest BCUT2D eigenvalue weighted by atomic mass is 14.9. The molecule has 1 aliphatic rings. The first-order valence-corrected chi connectivity index (χ1v) is 8.18. The van der Waals surface area contributed by atoms with E-state index in [1.807, 2.05) is 88.7 Å². The zero-order valence-corrected chi connectivity index (χ0v) is 14.8. The van der Waals surface area contributed by atoms with Gasteiger partial charge in [-0.05, 0) is 38.1 Å². The third-order valence-corrected chi connectivity index (χ3v) is 3.01. The highest BCUT2D eigenvalue weighted by molar-refractivity contribution is 5.78. The third kappa shape index (κ3) is 6.08. The molecule has 0 radical (unpaired) electrons. The Bertz CT molecular complexity index is 618. The Hall–Kier alpha value is -2.88. The van der Waals surface area contributed by atoms with Crippen molar-refractivity contribution in [1.82, 2.24) is 0 Å². The first kappa shape index (κ1) is 19.2. The predicted octanol–water partition coefficient (Wildman–Crippen LogP) is 5.53. The van der Waals surface area contributed by atoms with Crippen molar-refractivity contribution in [2.45, 2.75) is 27.7 Å². The lowest BCUT2D eigenvalue weighted by Crippen LogP contribution is -1.95. The Morgan fingerprint density at radius 2 is 1.17 bits per heavy atom. The second-order valence-corrected chi connectivity index (χ2v) is 4.46. The lowest BCUT2D eigenvalue weighted by Gasteiger charge is -2.08. The Balaban J connectivity index is 0.00000139. The average Bonchev–Trinajstić information content (AvgIpc) is 2.64. The molecule has 1 aromatic carbocycles. The Labute approximate surface area is 145 Å². The molecule has 4 heteroatoms. The number of rotatable bonds is 0. The Morgan fingerprint density at radius 3 is 1.54 bits per heavy atom. The molecule has 1 aromatic rings. The van der Waals surface area contributed by atoms with Gasteiger partial charge < -0.3 is 10.6 Å². The van der Waals surface area contributed by atoms with Crippen molar-refractivity contribution in [3.63, 3.8) is 0 Å². The molecule has 0 unspecified atom stereocenters. The van der Waals surface area contributed by atoms with Crippen LogP contribution in [0, 0.1) is 0 Å². The minimum absolute atomic E-state index is 0.835.